The number of rotatable bonds is 6. The van der Waals surface area contributed by atoms with E-state index in [0.717, 1.165) is 0 Å². The normalized spacial score (nSPS) is 16.8. The number of nitrogen functional groups attached to an aromatic ring is 1. The molecule has 1 heterocycles. The zero-order valence-electron chi connectivity index (χ0n) is 13.5. The fourth-order valence-electron chi connectivity index (χ4n) is 2.45. The van der Waals surface area contributed by atoms with Crippen LogP contribution in [0.2, 0.25) is 0 Å². The number of Topliss-reactive ketones (excluding diaryl/α,β-unsaturated/α-hetero) is 1. The van der Waals surface area contributed by atoms with Gasteiger partial charge in [-0.25, -0.2) is 4.79 Å². The highest BCUT2D eigenvalue weighted by Gasteiger charge is 2.33. The first kappa shape index (κ1) is 17.5. The van der Waals surface area contributed by atoms with Crippen molar-refractivity contribution in [3.05, 3.63) is 29.8 Å². The molecule has 1 aliphatic heterocycles. The van der Waals surface area contributed by atoms with Gasteiger partial charge in [0.25, 0.3) is 0 Å². The summed E-state index contributed by atoms with van der Waals surface area (Å²) in [5.41, 5.74) is 6.70. The maximum absolute atomic E-state index is 12.4. The van der Waals surface area contributed by atoms with E-state index in [1.165, 1.54) is 6.92 Å². The predicted octanol–water partition coefficient (Wildman–Crippen LogP) is 0.354. The Morgan fingerprint density at radius 3 is 2.58 bits per heavy atom. The molecule has 0 unspecified atom stereocenters. The van der Waals surface area contributed by atoms with Crippen molar-refractivity contribution in [2.75, 3.05) is 18.0 Å². The van der Waals surface area contributed by atoms with E-state index in [0.29, 0.717) is 24.2 Å². The standard InChI is InChI=1S/C16H21N5O3/c1-10(22)6-8-19-16(24)20-13-7-9-21(15(13)23)12-4-2-11(3-5-12)14(17)18/h2-5,13H,6-9H2,1H3,(H3,17,18)(H2,19,20,24)/t13-/m0/s1. The second kappa shape index (κ2) is 7.58. The van der Waals surface area contributed by atoms with Crippen molar-refractivity contribution < 1.29 is 14.4 Å². The molecule has 1 aromatic carbocycles. The second-order valence-electron chi connectivity index (χ2n) is 5.64. The lowest BCUT2D eigenvalue weighted by Gasteiger charge is -2.17. The average Bonchev–Trinajstić information content (AvgIpc) is 2.88. The molecule has 1 aliphatic rings. The molecule has 1 fully saturated rings. The van der Waals surface area contributed by atoms with Crippen LogP contribution in [0, 0.1) is 5.41 Å². The van der Waals surface area contributed by atoms with E-state index in [4.69, 9.17) is 11.1 Å². The maximum Gasteiger partial charge on any atom is 0.315 e. The summed E-state index contributed by atoms with van der Waals surface area (Å²) in [4.78, 5) is 36.6. The molecule has 0 radical (unpaired) electrons. The number of nitrogens with two attached hydrogens (primary N) is 1. The van der Waals surface area contributed by atoms with Gasteiger partial charge < -0.3 is 21.3 Å². The monoisotopic (exact) mass is 331 g/mol. The highest BCUT2D eigenvalue weighted by Crippen LogP contribution is 2.22. The van der Waals surface area contributed by atoms with Gasteiger partial charge in [0.2, 0.25) is 5.91 Å². The number of anilines is 1. The molecule has 5 N–H and O–H groups in total. The van der Waals surface area contributed by atoms with Gasteiger partial charge in [0, 0.05) is 30.8 Å². The molecule has 24 heavy (non-hydrogen) atoms. The van der Waals surface area contributed by atoms with E-state index >= 15 is 0 Å². The van der Waals surface area contributed by atoms with E-state index < -0.39 is 12.1 Å². The van der Waals surface area contributed by atoms with Crippen LogP contribution in [0.4, 0.5) is 10.5 Å². The summed E-state index contributed by atoms with van der Waals surface area (Å²) in [5.74, 6) is -0.226. The Labute approximate surface area is 139 Å². The van der Waals surface area contributed by atoms with Crippen LogP contribution in [0.15, 0.2) is 24.3 Å². The van der Waals surface area contributed by atoms with Gasteiger partial charge in [-0.2, -0.15) is 0 Å². The third-order valence-electron chi connectivity index (χ3n) is 3.76. The minimum absolute atomic E-state index is 0.00701. The van der Waals surface area contributed by atoms with Gasteiger partial charge in [0.15, 0.2) is 0 Å². The summed E-state index contributed by atoms with van der Waals surface area (Å²) in [5, 5.41) is 12.5. The van der Waals surface area contributed by atoms with Gasteiger partial charge in [-0.05, 0) is 37.6 Å². The van der Waals surface area contributed by atoms with Crippen molar-refractivity contribution in [2.24, 2.45) is 5.73 Å². The summed E-state index contributed by atoms with van der Waals surface area (Å²) in [6.07, 6.45) is 0.772. The van der Waals surface area contributed by atoms with Gasteiger partial charge >= 0.3 is 6.03 Å². The first-order valence-corrected chi connectivity index (χ1v) is 7.68. The lowest BCUT2D eigenvalue weighted by molar-refractivity contribution is -0.119. The summed E-state index contributed by atoms with van der Waals surface area (Å²) in [6.45, 7) is 2.20. The molecule has 0 bridgehead atoms. The number of amidine groups is 1. The molecular weight excluding hydrogens is 310 g/mol. The molecule has 8 nitrogen and oxygen atoms in total. The van der Waals surface area contributed by atoms with Gasteiger partial charge in [0.1, 0.15) is 17.7 Å². The van der Waals surface area contributed by atoms with Crippen molar-refractivity contribution in [2.45, 2.75) is 25.8 Å². The van der Waals surface area contributed by atoms with Crippen molar-refractivity contribution in [3.8, 4) is 0 Å². The zero-order chi connectivity index (χ0) is 17.7. The SMILES string of the molecule is CC(=O)CCNC(=O)N[C@H]1CCN(c2ccc(C(=N)N)cc2)C1=O. The van der Waals surface area contributed by atoms with Crippen LogP contribution in [0.3, 0.4) is 0 Å². The van der Waals surface area contributed by atoms with Crippen LogP contribution >= 0.6 is 0 Å². The van der Waals surface area contributed by atoms with E-state index in [2.05, 4.69) is 10.6 Å². The van der Waals surface area contributed by atoms with Crippen LogP contribution < -0.4 is 21.3 Å². The number of benzene rings is 1. The molecule has 2 rings (SSSR count). The molecule has 128 valence electrons. The number of carbonyl (C=O) groups is 3. The first-order valence-electron chi connectivity index (χ1n) is 7.68. The maximum atomic E-state index is 12.4. The van der Waals surface area contributed by atoms with Gasteiger partial charge in [-0.1, -0.05) is 0 Å². The Kier molecular flexibility index (Phi) is 5.51. The Morgan fingerprint density at radius 1 is 1.33 bits per heavy atom. The zero-order valence-corrected chi connectivity index (χ0v) is 13.5. The molecule has 8 heteroatoms. The largest absolute Gasteiger partial charge is 0.384 e. The third kappa shape index (κ3) is 4.31. The topological polar surface area (TPSA) is 128 Å². The van der Waals surface area contributed by atoms with E-state index in [-0.39, 0.29) is 30.5 Å². The minimum atomic E-state index is -0.588. The number of carbonyl (C=O) groups excluding carboxylic acids is 3. The number of amides is 3. The lowest BCUT2D eigenvalue weighted by Crippen LogP contribution is -2.46. The molecule has 1 atom stereocenters. The van der Waals surface area contributed by atoms with E-state index in [1.807, 2.05) is 0 Å². The van der Waals surface area contributed by atoms with Crippen LogP contribution in [-0.2, 0) is 9.59 Å². The van der Waals surface area contributed by atoms with Crippen molar-refractivity contribution in [1.82, 2.24) is 10.6 Å². The number of hydrogen-bond acceptors (Lipinski definition) is 4. The average molecular weight is 331 g/mol. The number of hydrogen-bond donors (Lipinski definition) is 4. The molecule has 1 aromatic rings. The third-order valence-corrected chi connectivity index (χ3v) is 3.76. The van der Waals surface area contributed by atoms with Crippen molar-refractivity contribution in [3.63, 3.8) is 0 Å². The fourth-order valence-corrected chi connectivity index (χ4v) is 2.45. The van der Waals surface area contributed by atoms with Crippen LogP contribution in [0.25, 0.3) is 0 Å². The smallest absolute Gasteiger partial charge is 0.315 e. The summed E-state index contributed by atoms with van der Waals surface area (Å²) in [6, 6.07) is 5.77. The van der Waals surface area contributed by atoms with E-state index in [1.54, 1.807) is 29.2 Å². The molecule has 0 saturated carbocycles. The predicted molar refractivity (Wildman–Crippen MR) is 90.0 cm³/mol. The number of ketones is 1. The summed E-state index contributed by atoms with van der Waals surface area (Å²) >= 11 is 0. The van der Waals surface area contributed by atoms with Gasteiger partial charge in [0.05, 0.1) is 0 Å². The Morgan fingerprint density at radius 2 is 2.00 bits per heavy atom. The highest BCUT2D eigenvalue weighted by molar-refractivity contribution is 6.02. The Bertz CT molecular complexity index is 656. The molecule has 0 aromatic heterocycles. The van der Waals surface area contributed by atoms with Crippen LogP contribution in [0.1, 0.15) is 25.3 Å². The number of urea groups is 1. The molecule has 1 saturated heterocycles. The number of nitrogens with one attached hydrogen (secondary N) is 3. The summed E-state index contributed by atoms with van der Waals surface area (Å²) < 4.78 is 0. The molecular formula is C16H21N5O3. The second-order valence-corrected chi connectivity index (χ2v) is 5.64. The number of nitrogens with zero attached hydrogens (tertiary/aromatic N) is 1. The first-order chi connectivity index (χ1) is 11.4. The van der Waals surface area contributed by atoms with Crippen molar-refractivity contribution in [1.29, 1.82) is 5.41 Å². The summed E-state index contributed by atoms with van der Waals surface area (Å²) in [7, 11) is 0. The molecule has 0 aliphatic carbocycles. The quantitative estimate of drug-likeness (QED) is 0.443. The highest BCUT2D eigenvalue weighted by atomic mass is 16.2. The van der Waals surface area contributed by atoms with Gasteiger partial charge in [-0.15, -0.1) is 0 Å². The Balaban J connectivity index is 1.91. The minimum Gasteiger partial charge on any atom is -0.384 e. The fraction of sp³-hybridized carbons (Fsp3) is 0.375. The van der Waals surface area contributed by atoms with E-state index in [9.17, 15) is 14.4 Å². The van der Waals surface area contributed by atoms with Crippen LogP contribution in [0.5, 0.6) is 0 Å². The lowest BCUT2D eigenvalue weighted by atomic mass is 10.2. The van der Waals surface area contributed by atoms with Crippen molar-refractivity contribution >= 4 is 29.2 Å². The Hall–Kier alpha value is -2.90. The van der Waals surface area contributed by atoms with Crippen LogP contribution in [-0.4, -0.2) is 42.7 Å². The van der Waals surface area contributed by atoms with Gasteiger partial charge in [-0.3, -0.25) is 15.0 Å². The molecule has 3 amide bonds. The molecule has 0 spiro atoms.